The van der Waals surface area contributed by atoms with Crippen LogP contribution in [-0.2, 0) is 0 Å². The summed E-state index contributed by atoms with van der Waals surface area (Å²) in [5.41, 5.74) is 1.05. The average molecular weight is 340 g/mol. The highest BCUT2D eigenvalue weighted by atomic mass is 79.9. The summed E-state index contributed by atoms with van der Waals surface area (Å²) >= 11 is 3.08. The highest BCUT2D eigenvalue weighted by Crippen LogP contribution is 2.13. The number of aromatic nitrogens is 3. The molecule has 1 N–H and O–H groups in total. The van der Waals surface area contributed by atoms with Gasteiger partial charge in [0.25, 0.3) is 0 Å². The highest BCUT2D eigenvalue weighted by molar-refractivity contribution is 9.11. The van der Waals surface area contributed by atoms with Crippen LogP contribution in [0.3, 0.4) is 0 Å². The van der Waals surface area contributed by atoms with Gasteiger partial charge < -0.3 is 4.98 Å². The maximum absolute atomic E-state index is 13.7. The summed E-state index contributed by atoms with van der Waals surface area (Å²) in [4.78, 5) is 18.8. The molecule has 20 heavy (non-hydrogen) atoms. The van der Waals surface area contributed by atoms with Crippen molar-refractivity contribution in [3.8, 4) is 0 Å². The lowest BCUT2D eigenvalue weighted by Crippen LogP contribution is -2.30. The van der Waals surface area contributed by atoms with Crippen molar-refractivity contribution in [1.82, 2.24) is 14.5 Å². The number of halogens is 2. The molecule has 0 aliphatic heterocycles. The normalized spacial score (nSPS) is 14.2. The molecule has 0 saturated carbocycles. The molecule has 0 fully saturated rings. The first kappa shape index (κ1) is 14.7. The molecule has 2 aromatic rings. The zero-order chi connectivity index (χ0) is 15.0. The van der Waals surface area contributed by atoms with Gasteiger partial charge in [-0.3, -0.25) is 9.55 Å². The number of fused-ring (bicyclic) bond motifs is 1. The van der Waals surface area contributed by atoms with Crippen molar-refractivity contribution in [3.63, 3.8) is 0 Å². The van der Waals surface area contributed by atoms with E-state index in [9.17, 15) is 9.18 Å². The van der Waals surface area contributed by atoms with Gasteiger partial charge in [-0.2, -0.15) is 0 Å². The van der Waals surface area contributed by atoms with Crippen LogP contribution in [0.1, 0.15) is 26.8 Å². The maximum Gasteiger partial charge on any atom is 0.326 e. The second kappa shape index (κ2) is 5.36. The Morgan fingerprint density at radius 3 is 2.80 bits per heavy atom. The first-order valence-corrected chi connectivity index (χ1v) is 6.94. The van der Waals surface area contributed by atoms with Gasteiger partial charge in [0.15, 0.2) is 0 Å². The maximum atomic E-state index is 13.7. The smallest absolute Gasteiger partial charge is 0.304 e. The SMILES string of the molecule is C=c1/c(=C\C(F)=C(/C)Br)ncc2[nH]c(=O)n(C(C)C)c12. The van der Waals surface area contributed by atoms with Gasteiger partial charge in [0.1, 0.15) is 5.83 Å². The number of nitrogens with one attached hydrogen (secondary N) is 1. The molecule has 0 spiro atoms. The molecule has 2 aromatic heterocycles. The molecule has 4 nitrogen and oxygen atoms in total. The van der Waals surface area contributed by atoms with Crippen molar-refractivity contribution in [3.05, 3.63) is 37.6 Å². The lowest BCUT2D eigenvalue weighted by atomic mass is 10.2. The van der Waals surface area contributed by atoms with Crippen LogP contribution in [0.2, 0.25) is 0 Å². The molecule has 0 atom stereocenters. The van der Waals surface area contributed by atoms with Crippen LogP contribution < -0.4 is 16.3 Å². The fourth-order valence-electron chi connectivity index (χ4n) is 2.04. The van der Waals surface area contributed by atoms with Gasteiger partial charge in [-0.15, -0.1) is 0 Å². The molecule has 2 rings (SSSR count). The lowest BCUT2D eigenvalue weighted by molar-refractivity contribution is 0.597. The van der Waals surface area contributed by atoms with E-state index >= 15 is 0 Å². The topological polar surface area (TPSA) is 50.7 Å². The average Bonchev–Trinajstić information content (AvgIpc) is 2.69. The van der Waals surface area contributed by atoms with Crippen LogP contribution in [-0.4, -0.2) is 14.5 Å². The minimum Gasteiger partial charge on any atom is -0.304 e. The summed E-state index contributed by atoms with van der Waals surface area (Å²) < 4.78 is 15.7. The standard InChI is InChI=1S/C14H15BrFN3O/c1-7(2)19-13-8(3)11(5-10(16)9(4)15)17-6-12(13)18-14(19)20/h5-7H,3H2,1-2,4H3,(H,18,20)/b10-9-,11-5+. The minimum absolute atomic E-state index is 0.0229. The van der Waals surface area contributed by atoms with Gasteiger partial charge >= 0.3 is 5.69 Å². The second-order valence-corrected chi connectivity index (χ2v) is 5.99. The van der Waals surface area contributed by atoms with E-state index in [0.29, 0.717) is 26.1 Å². The Hall–Kier alpha value is -1.69. The van der Waals surface area contributed by atoms with E-state index < -0.39 is 5.83 Å². The fraction of sp³-hybridized carbons (Fsp3) is 0.286. The van der Waals surface area contributed by atoms with E-state index in [1.807, 2.05) is 13.8 Å². The summed E-state index contributed by atoms with van der Waals surface area (Å²) in [7, 11) is 0. The molecule has 0 bridgehead atoms. The molecule has 106 valence electrons. The van der Waals surface area contributed by atoms with Crippen LogP contribution in [0.5, 0.6) is 0 Å². The molecule has 0 aromatic carbocycles. The third-order valence-corrected chi connectivity index (χ3v) is 3.37. The number of rotatable bonds is 2. The Morgan fingerprint density at radius 2 is 2.25 bits per heavy atom. The molecular weight excluding hydrogens is 325 g/mol. The van der Waals surface area contributed by atoms with Gasteiger partial charge in [-0.05, 0) is 20.8 Å². The van der Waals surface area contributed by atoms with Crippen molar-refractivity contribution in [1.29, 1.82) is 0 Å². The van der Waals surface area contributed by atoms with E-state index in [1.165, 1.54) is 12.3 Å². The van der Waals surface area contributed by atoms with Gasteiger partial charge in [0.2, 0.25) is 0 Å². The van der Waals surface area contributed by atoms with Gasteiger partial charge in [-0.25, -0.2) is 9.18 Å². The quantitative estimate of drug-likeness (QED) is 0.910. The summed E-state index contributed by atoms with van der Waals surface area (Å²) in [5.74, 6) is -0.421. The van der Waals surface area contributed by atoms with Crippen molar-refractivity contribution in [2.75, 3.05) is 0 Å². The molecule has 2 heterocycles. The predicted molar refractivity (Wildman–Crippen MR) is 82.7 cm³/mol. The van der Waals surface area contributed by atoms with Gasteiger partial charge in [0.05, 0.1) is 22.6 Å². The number of hydrogen-bond donors (Lipinski definition) is 1. The number of allylic oxidation sites excluding steroid dienone is 2. The summed E-state index contributed by atoms with van der Waals surface area (Å²) in [6.07, 6.45) is 2.82. The largest absolute Gasteiger partial charge is 0.326 e. The van der Waals surface area contributed by atoms with Crippen molar-refractivity contribution < 1.29 is 4.39 Å². The van der Waals surface area contributed by atoms with Crippen LogP contribution in [0.25, 0.3) is 23.7 Å². The number of hydrogen-bond acceptors (Lipinski definition) is 2. The van der Waals surface area contributed by atoms with Crippen LogP contribution in [0.15, 0.2) is 21.3 Å². The molecule has 0 aliphatic carbocycles. The zero-order valence-corrected chi connectivity index (χ0v) is 13.1. The molecule has 6 heteroatoms. The van der Waals surface area contributed by atoms with Gasteiger partial charge in [-0.1, -0.05) is 22.5 Å². The fourth-order valence-corrected chi connectivity index (χ4v) is 2.15. The summed E-state index contributed by atoms with van der Waals surface area (Å²) in [5, 5.41) is 0.931. The third kappa shape index (κ3) is 2.47. The van der Waals surface area contributed by atoms with E-state index in [2.05, 4.69) is 32.5 Å². The molecule has 0 saturated heterocycles. The van der Waals surface area contributed by atoms with E-state index in [-0.39, 0.29) is 11.7 Å². The minimum atomic E-state index is -0.421. The summed E-state index contributed by atoms with van der Waals surface area (Å²) in [6, 6.07) is -0.0229. The Labute approximate surface area is 123 Å². The number of pyridine rings is 1. The second-order valence-electron chi connectivity index (χ2n) is 4.80. The van der Waals surface area contributed by atoms with E-state index in [1.54, 1.807) is 11.5 Å². The molecule has 0 radical (unpaired) electrons. The number of aromatic amines is 1. The highest BCUT2D eigenvalue weighted by Gasteiger charge is 2.11. The number of imidazole rings is 1. The first-order chi connectivity index (χ1) is 9.32. The van der Waals surface area contributed by atoms with Crippen LogP contribution >= 0.6 is 15.9 Å². The van der Waals surface area contributed by atoms with E-state index in [0.717, 1.165) is 0 Å². The van der Waals surface area contributed by atoms with E-state index in [4.69, 9.17) is 0 Å². The number of H-pyrrole nitrogens is 1. The summed E-state index contributed by atoms with van der Waals surface area (Å²) in [6.45, 7) is 9.35. The monoisotopic (exact) mass is 339 g/mol. The lowest BCUT2D eigenvalue weighted by Gasteiger charge is -2.06. The Morgan fingerprint density at radius 1 is 1.60 bits per heavy atom. The molecule has 0 amide bonds. The molecular formula is C14H15BrFN3O. The molecule has 0 aliphatic rings. The van der Waals surface area contributed by atoms with Crippen molar-refractivity contribution in [2.24, 2.45) is 0 Å². The first-order valence-electron chi connectivity index (χ1n) is 6.14. The Bertz CT molecular complexity index is 857. The molecule has 0 unspecified atom stereocenters. The number of nitrogens with zero attached hydrogens (tertiary/aromatic N) is 2. The third-order valence-electron chi connectivity index (χ3n) is 2.99. The van der Waals surface area contributed by atoms with Crippen molar-refractivity contribution >= 4 is 39.6 Å². The van der Waals surface area contributed by atoms with Crippen LogP contribution in [0, 0.1) is 0 Å². The Kier molecular flexibility index (Phi) is 3.94. The predicted octanol–water partition coefficient (Wildman–Crippen LogP) is 2.09. The van der Waals surface area contributed by atoms with Crippen LogP contribution in [0.4, 0.5) is 4.39 Å². The van der Waals surface area contributed by atoms with Gasteiger partial charge in [0, 0.05) is 21.8 Å². The Balaban J connectivity index is 2.91. The zero-order valence-electron chi connectivity index (χ0n) is 11.5. The van der Waals surface area contributed by atoms with Crippen molar-refractivity contribution in [2.45, 2.75) is 26.8 Å².